The lowest BCUT2D eigenvalue weighted by Crippen LogP contribution is -2.33. The molecule has 47 heavy (non-hydrogen) atoms. The van der Waals surface area contributed by atoms with Crippen LogP contribution in [0.2, 0.25) is 0 Å². The maximum absolute atomic E-state index is 6.16. The number of aliphatic imine (C=N–C) groups is 2. The summed E-state index contributed by atoms with van der Waals surface area (Å²) < 4.78 is 6.16. The number of hydrogen-bond acceptors (Lipinski definition) is 4. The molecule has 1 aromatic heterocycles. The fourth-order valence-corrected chi connectivity index (χ4v) is 6.57. The van der Waals surface area contributed by atoms with Gasteiger partial charge in [-0.25, -0.2) is 9.98 Å². The fraction of sp³-hybridized carbons (Fsp3) is 0.0233. The molecule has 7 aromatic carbocycles. The molecule has 222 valence electrons. The number of para-hydroxylation sites is 1. The van der Waals surface area contributed by atoms with E-state index in [0.717, 1.165) is 66.5 Å². The molecule has 1 N–H and O–H groups in total. The van der Waals surface area contributed by atoms with Crippen LogP contribution in [0.3, 0.4) is 0 Å². The summed E-state index contributed by atoms with van der Waals surface area (Å²) in [7, 11) is 0. The van der Waals surface area contributed by atoms with Crippen molar-refractivity contribution >= 4 is 44.4 Å². The first kappa shape index (κ1) is 27.1. The molecule has 0 radical (unpaired) electrons. The van der Waals surface area contributed by atoms with Gasteiger partial charge in [0.05, 0.1) is 0 Å². The Hall–Kier alpha value is -6.26. The van der Waals surface area contributed by atoms with Crippen molar-refractivity contribution in [2.45, 2.75) is 6.17 Å². The normalized spacial score (nSPS) is 14.6. The predicted molar refractivity (Wildman–Crippen MR) is 194 cm³/mol. The average molecular weight is 604 g/mol. The van der Waals surface area contributed by atoms with Crippen molar-refractivity contribution in [2.75, 3.05) is 0 Å². The van der Waals surface area contributed by atoms with Crippen LogP contribution in [0, 0.1) is 0 Å². The molecule has 0 amide bonds. The standard InChI is InChI=1S/C43H29N3O/c1-2-10-28(11-3-1)33-14-8-15-34(26-33)42-44-41(45-43(46-42)35-25-20-29-12-4-5-13-32(29)27-35)31-23-21-30(22-24-31)36-17-9-19-39-40(36)37-16-6-7-18-38(37)47-39/h1-27,42H,(H,44,45,46). The number of fused-ring (bicyclic) bond motifs is 4. The molecular weight excluding hydrogens is 574 g/mol. The van der Waals surface area contributed by atoms with Gasteiger partial charge in [-0.3, -0.25) is 0 Å². The molecule has 0 spiro atoms. The SMILES string of the molecule is c1ccc(-c2cccc(C3N=C(c4ccc5ccccc5c4)N=C(c4ccc(-c5cccc6oc7ccccc7c56)cc4)N3)c2)cc1. The summed E-state index contributed by atoms with van der Waals surface area (Å²) in [4.78, 5) is 10.3. The van der Waals surface area contributed by atoms with Gasteiger partial charge < -0.3 is 9.73 Å². The molecule has 1 unspecified atom stereocenters. The maximum atomic E-state index is 6.16. The van der Waals surface area contributed by atoms with E-state index in [1.54, 1.807) is 0 Å². The summed E-state index contributed by atoms with van der Waals surface area (Å²) >= 11 is 0. The topological polar surface area (TPSA) is 49.9 Å². The summed E-state index contributed by atoms with van der Waals surface area (Å²) in [6.45, 7) is 0. The van der Waals surface area contributed by atoms with E-state index in [2.05, 4.69) is 145 Å². The van der Waals surface area contributed by atoms with Crippen LogP contribution in [0.4, 0.5) is 0 Å². The number of amidine groups is 2. The second kappa shape index (κ2) is 11.3. The van der Waals surface area contributed by atoms with E-state index < -0.39 is 0 Å². The first-order valence-corrected chi connectivity index (χ1v) is 15.9. The van der Waals surface area contributed by atoms with Crippen LogP contribution in [-0.4, -0.2) is 11.7 Å². The zero-order chi connectivity index (χ0) is 31.2. The summed E-state index contributed by atoms with van der Waals surface area (Å²) in [6.07, 6.45) is -0.307. The van der Waals surface area contributed by atoms with Crippen LogP contribution < -0.4 is 5.32 Å². The molecule has 0 aliphatic carbocycles. The van der Waals surface area contributed by atoms with Gasteiger partial charge in [0.25, 0.3) is 0 Å². The Balaban J connectivity index is 1.12. The third kappa shape index (κ3) is 4.97. The number of rotatable bonds is 5. The Morgan fingerprint density at radius 3 is 2.09 bits per heavy atom. The molecular formula is C43H29N3O. The van der Waals surface area contributed by atoms with Gasteiger partial charge in [-0.1, -0.05) is 140 Å². The molecule has 9 rings (SSSR count). The van der Waals surface area contributed by atoms with E-state index in [4.69, 9.17) is 14.4 Å². The average Bonchev–Trinajstić information content (AvgIpc) is 3.54. The number of benzene rings is 7. The van der Waals surface area contributed by atoms with Gasteiger partial charge in [0, 0.05) is 21.9 Å². The highest BCUT2D eigenvalue weighted by Crippen LogP contribution is 2.37. The molecule has 2 heterocycles. The summed E-state index contributed by atoms with van der Waals surface area (Å²) in [5, 5.41) is 8.27. The number of nitrogens with zero attached hydrogens (tertiary/aromatic N) is 2. The fourth-order valence-electron chi connectivity index (χ4n) is 6.57. The second-order valence-electron chi connectivity index (χ2n) is 11.9. The first-order chi connectivity index (χ1) is 23.3. The number of furan rings is 1. The van der Waals surface area contributed by atoms with Crippen molar-refractivity contribution in [3.8, 4) is 22.3 Å². The van der Waals surface area contributed by atoms with Crippen LogP contribution >= 0.6 is 0 Å². The van der Waals surface area contributed by atoms with E-state index in [1.165, 1.54) is 10.9 Å². The highest BCUT2D eigenvalue weighted by Gasteiger charge is 2.22. The van der Waals surface area contributed by atoms with E-state index in [9.17, 15) is 0 Å². The minimum absolute atomic E-state index is 0.307. The largest absolute Gasteiger partial charge is 0.456 e. The van der Waals surface area contributed by atoms with Gasteiger partial charge in [0.15, 0.2) is 5.84 Å². The third-order valence-corrected chi connectivity index (χ3v) is 8.93. The molecule has 1 aliphatic rings. The van der Waals surface area contributed by atoms with Crippen LogP contribution in [0.25, 0.3) is 55.0 Å². The molecule has 0 bridgehead atoms. The Kier molecular flexibility index (Phi) is 6.50. The van der Waals surface area contributed by atoms with Crippen molar-refractivity contribution in [3.05, 3.63) is 180 Å². The van der Waals surface area contributed by atoms with Crippen molar-refractivity contribution in [1.82, 2.24) is 5.32 Å². The van der Waals surface area contributed by atoms with Crippen molar-refractivity contribution in [3.63, 3.8) is 0 Å². The Morgan fingerprint density at radius 1 is 0.489 bits per heavy atom. The number of nitrogens with one attached hydrogen (secondary N) is 1. The van der Waals surface area contributed by atoms with E-state index in [0.29, 0.717) is 5.84 Å². The highest BCUT2D eigenvalue weighted by molar-refractivity contribution is 6.15. The zero-order valence-corrected chi connectivity index (χ0v) is 25.5. The molecule has 8 aromatic rings. The molecule has 1 aliphatic heterocycles. The van der Waals surface area contributed by atoms with Crippen LogP contribution in [0.5, 0.6) is 0 Å². The monoisotopic (exact) mass is 603 g/mol. The van der Waals surface area contributed by atoms with Crippen LogP contribution in [0.1, 0.15) is 22.9 Å². The smallest absolute Gasteiger partial charge is 0.159 e. The quantitative estimate of drug-likeness (QED) is 0.213. The zero-order valence-electron chi connectivity index (χ0n) is 25.5. The van der Waals surface area contributed by atoms with Crippen molar-refractivity contribution < 1.29 is 4.42 Å². The molecule has 1 atom stereocenters. The highest BCUT2D eigenvalue weighted by atomic mass is 16.3. The van der Waals surface area contributed by atoms with Crippen LogP contribution in [0.15, 0.2) is 178 Å². The van der Waals surface area contributed by atoms with E-state index >= 15 is 0 Å². The summed E-state index contributed by atoms with van der Waals surface area (Å²) in [5.41, 5.74) is 9.45. The van der Waals surface area contributed by atoms with E-state index in [1.807, 2.05) is 24.3 Å². The van der Waals surface area contributed by atoms with Gasteiger partial charge >= 0.3 is 0 Å². The minimum Gasteiger partial charge on any atom is -0.456 e. The van der Waals surface area contributed by atoms with Gasteiger partial charge in [-0.05, 0) is 62.9 Å². The summed E-state index contributed by atoms with van der Waals surface area (Å²) in [6, 6.07) is 57.0. The van der Waals surface area contributed by atoms with Crippen LogP contribution in [-0.2, 0) is 0 Å². The third-order valence-electron chi connectivity index (χ3n) is 8.93. The lowest BCUT2D eigenvalue weighted by atomic mass is 9.98. The molecule has 0 saturated carbocycles. The Labute approximate surface area is 272 Å². The molecule has 0 fully saturated rings. The van der Waals surface area contributed by atoms with Gasteiger partial charge in [-0.2, -0.15) is 0 Å². The maximum Gasteiger partial charge on any atom is 0.159 e. The molecule has 4 heteroatoms. The molecule has 4 nitrogen and oxygen atoms in total. The van der Waals surface area contributed by atoms with E-state index in [-0.39, 0.29) is 6.17 Å². The van der Waals surface area contributed by atoms with Crippen molar-refractivity contribution in [2.24, 2.45) is 9.98 Å². The second-order valence-corrected chi connectivity index (χ2v) is 11.9. The minimum atomic E-state index is -0.307. The van der Waals surface area contributed by atoms with Gasteiger partial charge in [0.1, 0.15) is 23.2 Å². The lowest BCUT2D eigenvalue weighted by Gasteiger charge is -2.24. The Bertz CT molecular complexity index is 2490. The van der Waals surface area contributed by atoms with Gasteiger partial charge in [-0.15, -0.1) is 0 Å². The lowest BCUT2D eigenvalue weighted by molar-refractivity contribution is 0.669. The Morgan fingerprint density at radius 2 is 1.19 bits per heavy atom. The predicted octanol–water partition coefficient (Wildman–Crippen LogP) is 10.6. The number of hydrogen-bond donors (Lipinski definition) is 1. The first-order valence-electron chi connectivity index (χ1n) is 15.9. The summed E-state index contributed by atoms with van der Waals surface area (Å²) in [5.74, 6) is 1.50. The van der Waals surface area contributed by atoms with Crippen molar-refractivity contribution in [1.29, 1.82) is 0 Å². The van der Waals surface area contributed by atoms with Gasteiger partial charge in [0.2, 0.25) is 0 Å². The molecule has 0 saturated heterocycles.